The summed E-state index contributed by atoms with van der Waals surface area (Å²) in [4.78, 5) is 10.1. The molecule has 0 aromatic rings. The highest BCUT2D eigenvalue weighted by atomic mass is 16.1. The summed E-state index contributed by atoms with van der Waals surface area (Å²) in [5.74, 6) is 0. The van der Waals surface area contributed by atoms with Gasteiger partial charge in [-0.25, -0.2) is 0 Å². The van der Waals surface area contributed by atoms with Crippen molar-refractivity contribution in [3.63, 3.8) is 0 Å². The van der Waals surface area contributed by atoms with E-state index in [0.717, 1.165) is 12.7 Å². The van der Waals surface area contributed by atoms with Gasteiger partial charge < -0.3 is 4.79 Å². The van der Waals surface area contributed by atoms with Gasteiger partial charge in [0.15, 0.2) is 0 Å². The maximum Gasteiger partial charge on any atom is 0.120 e. The van der Waals surface area contributed by atoms with Crippen LogP contribution in [-0.2, 0) is 4.79 Å². The van der Waals surface area contributed by atoms with Gasteiger partial charge in [-0.2, -0.15) is 0 Å². The average Bonchev–Trinajstić information content (AvgIpc) is 2.50. The molecule has 1 unspecified atom stereocenters. The van der Waals surface area contributed by atoms with E-state index in [-0.39, 0.29) is 0 Å². The van der Waals surface area contributed by atoms with Crippen molar-refractivity contribution in [3.05, 3.63) is 11.6 Å². The van der Waals surface area contributed by atoms with E-state index in [4.69, 9.17) is 0 Å². The SMILES string of the molecule is CCC1(C)CC/C(=C\CCC=O)C1. The second kappa shape index (κ2) is 4.59. The van der Waals surface area contributed by atoms with Gasteiger partial charge in [-0.1, -0.05) is 31.9 Å². The second-order valence-electron chi connectivity index (χ2n) is 4.45. The van der Waals surface area contributed by atoms with Crippen LogP contribution < -0.4 is 0 Å². The van der Waals surface area contributed by atoms with E-state index in [1.54, 1.807) is 5.57 Å². The Morgan fingerprint density at radius 3 is 2.77 bits per heavy atom. The molecule has 0 N–H and O–H groups in total. The molecule has 0 saturated heterocycles. The molecular weight excluding hydrogens is 160 g/mol. The monoisotopic (exact) mass is 180 g/mol. The standard InChI is InChI=1S/C12H20O/c1-3-12(2)8-7-11(10-12)6-4-5-9-13/h6,9H,3-5,7-8,10H2,1-2H3/b11-6+. The van der Waals surface area contributed by atoms with Crippen LogP contribution in [0, 0.1) is 5.41 Å². The number of unbranched alkanes of at least 4 members (excludes halogenated alkanes) is 1. The van der Waals surface area contributed by atoms with Crippen LogP contribution in [0.25, 0.3) is 0 Å². The summed E-state index contributed by atoms with van der Waals surface area (Å²) < 4.78 is 0. The molecule has 0 heterocycles. The summed E-state index contributed by atoms with van der Waals surface area (Å²) in [7, 11) is 0. The number of allylic oxidation sites excluding steroid dienone is 2. The number of aldehydes is 1. The maximum atomic E-state index is 10.1. The van der Waals surface area contributed by atoms with Gasteiger partial charge >= 0.3 is 0 Å². The third-order valence-corrected chi connectivity index (χ3v) is 3.27. The summed E-state index contributed by atoms with van der Waals surface area (Å²) in [6.07, 6.45) is 10.0. The van der Waals surface area contributed by atoms with Gasteiger partial charge in [-0.05, 0) is 31.1 Å². The molecule has 1 rings (SSSR count). The normalized spacial score (nSPS) is 31.1. The lowest BCUT2D eigenvalue weighted by atomic mass is 9.86. The largest absolute Gasteiger partial charge is 0.303 e. The molecule has 1 saturated carbocycles. The lowest BCUT2D eigenvalue weighted by Gasteiger charge is -2.19. The second-order valence-corrected chi connectivity index (χ2v) is 4.45. The lowest BCUT2D eigenvalue weighted by Crippen LogP contribution is -2.07. The molecule has 0 aromatic carbocycles. The molecule has 0 spiro atoms. The van der Waals surface area contributed by atoms with Gasteiger partial charge in [0, 0.05) is 6.42 Å². The van der Waals surface area contributed by atoms with Crippen molar-refractivity contribution in [1.29, 1.82) is 0 Å². The number of rotatable bonds is 4. The quantitative estimate of drug-likeness (QED) is 0.367. The van der Waals surface area contributed by atoms with Crippen LogP contribution in [0.1, 0.15) is 52.4 Å². The van der Waals surface area contributed by atoms with Crippen LogP contribution >= 0.6 is 0 Å². The highest BCUT2D eigenvalue weighted by Gasteiger charge is 2.29. The molecule has 13 heavy (non-hydrogen) atoms. The number of hydrogen-bond acceptors (Lipinski definition) is 1. The van der Waals surface area contributed by atoms with E-state index < -0.39 is 0 Å². The molecule has 1 aliphatic carbocycles. The molecule has 74 valence electrons. The minimum absolute atomic E-state index is 0.549. The number of carbonyl (C=O) groups excluding carboxylic acids is 1. The van der Waals surface area contributed by atoms with Crippen molar-refractivity contribution in [2.45, 2.75) is 52.4 Å². The Labute approximate surface area is 81.2 Å². The Bertz CT molecular complexity index is 205. The Balaban J connectivity index is 2.39. The van der Waals surface area contributed by atoms with E-state index in [1.165, 1.54) is 25.7 Å². The van der Waals surface area contributed by atoms with Crippen LogP contribution in [0.15, 0.2) is 11.6 Å². The van der Waals surface area contributed by atoms with E-state index >= 15 is 0 Å². The van der Waals surface area contributed by atoms with Crippen LogP contribution in [0.4, 0.5) is 0 Å². The highest BCUT2D eigenvalue weighted by Crippen LogP contribution is 2.43. The van der Waals surface area contributed by atoms with Crippen molar-refractivity contribution in [1.82, 2.24) is 0 Å². The molecular formula is C12H20O. The van der Waals surface area contributed by atoms with Crippen LogP contribution in [0.2, 0.25) is 0 Å². The van der Waals surface area contributed by atoms with Crippen LogP contribution in [-0.4, -0.2) is 6.29 Å². The van der Waals surface area contributed by atoms with Crippen molar-refractivity contribution in [3.8, 4) is 0 Å². The summed E-state index contributed by atoms with van der Waals surface area (Å²) in [5, 5.41) is 0. The first-order valence-corrected chi connectivity index (χ1v) is 5.32. The predicted molar refractivity (Wildman–Crippen MR) is 55.6 cm³/mol. The third-order valence-electron chi connectivity index (χ3n) is 3.27. The van der Waals surface area contributed by atoms with Crippen molar-refractivity contribution < 1.29 is 4.79 Å². The number of hydrogen-bond donors (Lipinski definition) is 0. The molecule has 1 atom stereocenters. The zero-order chi connectivity index (χ0) is 9.73. The van der Waals surface area contributed by atoms with Gasteiger partial charge in [-0.3, -0.25) is 0 Å². The highest BCUT2D eigenvalue weighted by molar-refractivity contribution is 5.49. The van der Waals surface area contributed by atoms with Crippen LogP contribution in [0.5, 0.6) is 0 Å². The Morgan fingerprint density at radius 1 is 1.46 bits per heavy atom. The zero-order valence-electron chi connectivity index (χ0n) is 8.81. The smallest absolute Gasteiger partial charge is 0.120 e. The van der Waals surface area contributed by atoms with E-state index in [9.17, 15) is 4.79 Å². The zero-order valence-corrected chi connectivity index (χ0v) is 8.81. The lowest BCUT2D eigenvalue weighted by molar-refractivity contribution is -0.107. The first kappa shape index (κ1) is 10.5. The Morgan fingerprint density at radius 2 is 2.23 bits per heavy atom. The molecule has 0 aromatic heterocycles. The molecule has 0 bridgehead atoms. The van der Waals surface area contributed by atoms with Gasteiger partial charge in [0.2, 0.25) is 0 Å². The molecule has 1 nitrogen and oxygen atoms in total. The average molecular weight is 180 g/mol. The summed E-state index contributed by atoms with van der Waals surface area (Å²) in [5.41, 5.74) is 2.12. The Kier molecular flexibility index (Phi) is 3.71. The fourth-order valence-corrected chi connectivity index (χ4v) is 2.02. The van der Waals surface area contributed by atoms with Gasteiger partial charge in [-0.15, -0.1) is 0 Å². The fraction of sp³-hybridized carbons (Fsp3) is 0.750. The third kappa shape index (κ3) is 2.98. The van der Waals surface area contributed by atoms with Gasteiger partial charge in [0.1, 0.15) is 6.29 Å². The van der Waals surface area contributed by atoms with Crippen molar-refractivity contribution in [2.75, 3.05) is 0 Å². The number of carbonyl (C=O) groups is 1. The minimum atomic E-state index is 0.549. The fourth-order valence-electron chi connectivity index (χ4n) is 2.02. The summed E-state index contributed by atoms with van der Waals surface area (Å²) >= 11 is 0. The topological polar surface area (TPSA) is 17.1 Å². The summed E-state index contributed by atoms with van der Waals surface area (Å²) in [6.45, 7) is 4.64. The van der Waals surface area contributed by atoms with E-state index in [1.807, 2.05) is 0 Å². The van der Waals surface area contributed by atoms with E-state index in [0.29, 0.717) is 11.8 Å². The van der Waals surface area contributed by atoms with Crippen molar-refractivity contribution in [2.24, 2.45) is 5.41 Å². The van der Waals surface area contributed by atoms with E-state index in [2.05, 4.69) is 19.9 Å². The van der Waals surface area contributed by atoms with Crippen molar-refractivity contribution >= 4 is 6.29 Å². The maximum absolute atomic E-state index is 10.1. The minimum Gasteiger partial charge on any atom is -0.303 e. The molecule has 1 aliphatic rings. The molecule has 0 amide bonds. The Hall–Kier alpha value is -0.590. The molecule has 1 fully saturated rings. The van der Waals surface area contributed by atoms with Gasteiger partial charge in [0.25, 0.3) is 0 Å². The van der Waals surface area contributed by atoms with Gasteiger partial charge in [0.05, 0.1) is 0 Å². The first-order chi connectivity index (χ1) is 6.20. The predicted octanol–water partition coefficient (Wildman–Crippen LogP) is 3.49. The first-order valence-electron chi connectivity index (χ1n) is 5.32. The summed E-state index contributed by atoms with van der Waals surface area (Å²) in [6, 6.07) is 0. The molecule has 0 radical (unpaired) electrons. The van der Waals surface area contributed by atoms with Crippen LogP contribution in [0.3, 0.4) is 0 Å². The molecule has 1 heteroatoms. The molecule has 0 aliphatic heterocycles.